The van der Waals surface area contributed by atoms with Gasteiger partial charge in [0, 0.05) is 6.54 Å². The van der Waals surface area contributed by atoms with Gasteiger partial charge in [-0.05, 0) is 12.8 Å². The number of likely N-dealkylation sites (tertiary alicyclic amines) is 1. The quantitative estimate of drug-likeness (QED) is 0.207. The van der Waals surface area contributed by atoms with Crippen LogP contribution in [0.25, 0.3) is 0 Å². The highest BCUT2D eigenvalue weighted by Gasteiger charge is 2.38. The van der Waals surface area contributed by atoms with Crippen LogP contribution in [0.2, 0.25) is 0 Å². The first-order chi connectivity index (χ1) is 11.8. The fourth-order valence-electron chi connectivity index (χ4n) is 2.26. The van der Waals surface area contributed by atoms with Crippen molar-refractivity contribution in [3.05, 3.63) is 29.1 Å². The van der Waals surface area contributed by atoms with Gasteiger partial charge < -0.3 is 9.47 Å². The Morgan fingerprint density at radius 1 is 1.08 bits per heavy atom. The van der Waals surface area contributed by atoms with Gasteiger partial charge in [-0.2, -0.15) is 8.78 Å². The molecule has 0 spiro atoms. The molecule has 2 rings (SSSR count). The molecular weight excluding hydrogens is 353 g/mol. The van der Waals surface area contributed by atoms with Crippen molar-refractivity contribution in [2.24, 2.45) is 0 Å². The summed E-state index contributed by atoms with van der Waals surface area (Å²) < 4.78 is 75.3. The van der Waals surface area contributed by atoms with Gasteiger partial charge in [-0.1, -0.05) is 5.92 Å². The Hall–Kier alpha value is -2.83. The Bertz CT molecular complexity index is 732. The SMILES string of the molecule is C#CCOC(=O)N1CCC[C@H]1C(=O)Oc1c(F)c(F)c(F)c(F)c1F. The summed E-state index contributed by atoms with van der Waals surface area (Å²) in [5, 5.41) is 0. The molecule has 134 valence electrons. The third-order valence-corrected chi connectivity index (χ3v) is 3.41. The second-order valence-electron chi connectivity index (χ2n) is 4.93. The van der Waals surface area contributed by atoms with Crippen molar-refractivity contribution in [1.29, 1.82) is 0 Å². The Morgan fingerprint density at radius 3 is 2.20 bits per heavy atom. The van der Waals surface area contributed by atoms with E-state index in [-0.39, 0.29) is 19.6 Å². The Labute approximate surface area is 138 Å². The van der Waals surface area contributed by atoms with Crippen LogP contribution in [0.5, 0.6) is 5.75 Å². The minimum Gasteiger partial charge on any atom is -0.436 e. The van der Waals surface area contributed by atoms with Crippen molar-refractivity contribution in [2.45, 2.75) is 18.9 Å². The minimum atomic E-state index is -2.38. The summed E-state index contributed by atoms with van der Waals surface area (Å²) in [5.41, 5.74) is 0. The first-order valence-corrected chi connectivity index (χ1v) is 6.89. The van der Waals surface area contributed by atoms with Crippen LogP contribution >= 0.6 is 0 Å². The smallest absolute Gasteiger partial charge is 0.411 e. The maximum absolute atomic E-state index is 13.5. The van der Waals surface area contributed by atoms with E-state index < -0.39 is 52.9 Å². The molecule has 5 nitrogen and oxygen atoms in total. The molecule has 1 aliphatic heterocycles. The van der Waals surface area contributed by atoms with Crippen molar-refractivity contribution >= 4 is 12.1 Å². The van der Waals surface area contributed by atoms with Crippen molar-refractivity contribution in [3.63, 3.8) is 0 Å². The molecule has 1 aliphatic rings. The molecule has 10 heteroatoms. The van der Waals surface area contributed by atoms with Gasteiger partial charge in [0.05, 0.1) is 0 Å². The van der Waals surface area contributed by atoms with Crippen molar-refractivity contribution < 1.29 is 41.0 Å². The molecule has 1 fully saturated rings. The number of hydrogen-bond acceptors (Lipinski definition) is 4. The first-order valence-electron chi connectivity index (χ1n) is 6.89. The second-order valence-corrected chi connectivity index (χ2v) is 4.93. The van der Waals surface area contributed by atoms with Crippen LogP contribution in [0.3, 0.4) is 0 Å². The lowest BCUT2D eigenvalue weighted by Gasteiger charge is -2.22. The number of terminal acetylenes is 1. The number of rotatable bonds is 3. The highest BCUT2D eigenvalue weighted by Crippen LogP contribution is 2.30. The Morgan fingerprint density at radius 2 is 1.64 bits per heavy atom. The highest BCUT2D eigenvalue weighted by atomic mass is 19.2. The van der Waals surface area contributed by atoms with E-state index in [1.54, 1.807) is 0 Å². The number of halogens is 5. The van der Waals surface area contributed by atoms with Gasteiger partial charge in [-0.15, -0.1) is 6.42 Å². The minimum absolute atomic E-state index is 0.0549. The van der Waals surface area contributed by atoms with E-state index in [1.807, 2.05) is 5.92 Å². The zero-order valence-electron chi connectivity index (χ0n) is 12.5. The maximum Gasteiger partial charge on any atom is 0.411 e. The predicted molar refractivity (Wildman–Crippen MR) is 71.8 cm³/mol. The molecule has 1 aromatic carbocycles. The van der Waals surface area contributed by atoms with E-state index in [0.29, 0.717) is 6.42 Å². The molecule has 1 atom stereocenters. The average Bonchev–Trinajstić information content (AvgIpc) is 3.09. The number of nitrogens with zero attached hydrogens (tertiary/aromatic N) is 1. The fraction of sp³-hybridized carbons (Fsp3) is 0.333. The van der Waals surface area contributed by atoms with Gasteiger partial charge in [0.1, 0.15) is 6.04 Å². The summed E-state index contributed by atoms with van der Waals surface area (Å²) in [6, 6.07) is -1.31. The van der Waals surface area contributed by atoms with Crippen molar-refractivity contribution in [2.75, 3.05) is 13.2 Å². The van der Waals surface area contributed by atoms with E-state index in [1.165, 1.54) is 0 Å². The molecule has 1 heterocycles. The van der Waals surface area contributed by atoms with E-state index in [4.69, 9.17) is 6.42 Å². The molecule has 0 aliphatic carbocycles. The number of esters is 1. The van der Waals surface area contributed by atoms with Crippen LogP contribution in [0.4, 0.5) is 26.7 Å². The molecule has 0 N–H and O–H groups in total. The molecule has 0 bridgehead atoms. The number of hydrogen-bond donors (Lipinski definition) is 0. The molecular formula is C15H10F5NO4. The third-order valence-electron chi connectivity index (χ3n) is 3.41. The lowest BCUT2D eigenvalue weighted by molar-refractivity contribution is -0.139. The number of carbonyl (C=O) groups is 2. The molecule has 0 radical (unpaired) electrons. The Balaban J connectivity index is 2.23. The van der Waals surface area contributed by atoms with Crippen LogP contribution in [-0.4, -0.2) is 36.2 Å². The summed E-state index contributed by atoms with van der Waals surface area (Å²) >= 11 is 0. The van der Waals surface area contributed by atoms with Gasteiger partial charge in [0.15, 0.2) is 6.61 Å². The molecule has 1 amide bonds. The summed E-state index contributed by atoms with van der Waals surface area (Å²) in [4.78, 5) is 24.7. The van der Waals surface area contributed by atoms with Gasteiger partial charge in [-0.3, -0.25) is 4.90 Å². The number of ether oxygens (including phenoxy) is 2. The second kappa shape index (κ2) is 7.38. The molecule has 25 heavy (non-hydrogen) atoms. The number of amides is 1. The van der Waals surface area contributed by atoms with Gasteiger partial charge in [0.2, 0.25) is 34.8 Å². The topological polar surface area (TPSA) is 55.8 Å². The number of carbonyl (C=O) groups excluding carboxylic acids is 2. The number of benzene rings is 1. The first kappa shape index (κ1) is 18.5. The maximum atomic E-state index is 13.5. The van der Waals surface area contributed by atoms with E-state index in [2.05, 4.69) is 9.47 Å². The summed E-state index contributed by atoms with van der Waals surface area (Å²) in [6.45, 7) is -0.297. The molecule has 0 saturated carbocycles. The standard InChI is InChI=1S/C15H10F5NO4/c1-2-6-24-15(23)21-5-3-4-7(21)14(22)25-13-11(19)9(17)8(16)10(18)12(13)20/h1,7H,3-6H2/t7-/m0/s1. The summed E-state index contributed by atoms with van der Waals surface area (Å²) in [7, 11) is 0. The molecule has 0 unspecified atom stereocenters. The highest BCUT2D eigenvalue weighted by molar-refractivity contribution is 5.83. The van der Waals surface area contributed by atoms with Crippen LogP contribution in [-0.2, 0) is 9.53 Å². The zero-order valence-corrected chi connectivity index (χ0v) is 12.5. The van der Waals surface area contributed by atoms with Crippen LogP contribution in [0, 0.1) is 41.4 Å². The van der Waals surface area contributed by atoms with Crippen LogP contribution in [0.1, 0.15) is 12.8 Å². The van der Waals surface area contributed by atoms with E-state index in [0.717, 1.165) is 4.90 Å². The van der Waals surface area contributed by atoms with E-state index in [9.17, 15) is 31.5 Å². The normalized spacial score (nSPS) is 16.5. The molecule has 1 aromatic rings. The summed E-state index contributed by atoms with van der Waals surface area (Å²) in [6.07, 6.45) is 4.35. The predicted octanol–water partition coefficient (Wildman–Crippen LogP) is 2.52. The zero-order chi connectivity index (χ0) is 18.7. The lowest BCUT2D eigenvalue weighted by atomic mass is 10.2. The largest absolute Gasteiger partial charge is 0.436 e. The monoisotopic (exact) mass is 363 g/mol. The van der Waals surface area contributed by atoms with Gasteiger partial charge in [-0.25, -0.2) is 22.8 Å². The van der Waals surface area contributed by atoms with Gasteiger partial charge >= 0.3 is 12.1 Å². The van der Waals surface area contributed by atoms with Crippen molar-refractivity contribution in [1.82, 2.24) is 4.90 Å². The molecule has 0 aromatic heterocycles. The van der Waals surface area contributed by atoms with Gasteiger partial charge in [0.25, 0.3) is 0 Å². The summed E-state index contributed by atoms with van der Waals surface area (Å²) in [5.74, 6) is -12.5. The molecule has 1 saturated heterocycles. The average molecular weight is 363 g/mol. The van der Waals surface area contributed by atoms with Crippen molar-refractivity contribution in [3.8, 4) is 18.1 Å². The Kier molecular flexibility index (Phi) is 5.46. The van der Waals surface area contributed by atoms with E-state index >= 15 is 0 Å². The third kappa shape index (κ3) is 3.50. The fourth-order valence-corrected chi connectivity index (χ4v) is 2.26. The van der Waals surface area contributed by atoms with Crippen LogP contribution < -0.4 is 4.74 Å². The lowest BCUT2D eigenvalue weighted by Crippen LogP contribution is -2.43. The van der Waals surface area contributed by atoms with Crippen LogP contribution in [0.15, 0.2) is 0 Å².